The van der Waals surface area contributed by atoms with Gasteiger partial charge in [0.05, 0.1) is 12.1 Å². The van der Waals surface area contributed by atoms with Gasteiger partial charge in [0.25, 0.3) is 0 Å². The van der Waals surface area contributed by atoms with Crippen LogP contribution in [0.15, 0.2) is 24.3 Å². The highest BCUT2D eigenvalue weighted by Gasteiger charge is 2.34. The summed E-state index contributed by atoms with van der Waals surface area (Å²) in [7, 11) is 0. The van der Waals surface area contributed by atoms with E-state index in [1.165, 1.54) is 12.1 Å². The van der Waals surface area contributed by atoms with Crippen molar-refractivity contribution in [3.63, 3.8) is 0 Å². The fraction of sp³-hybridized carbons (Fsp3) is 0.467. The van der Waals surface area contributed by atoms with Crippen molar-refractivity contribution in [2.24, 2.45) is 0 Å². The summed E-state index contributed by atoms with van der Waals surface area (Å²) in [6.07, 6.45) is 0.157. The van der Waals surface area contributed by atoms with Gasteiger partial charge >= 0.3 is 0 Å². The lowest BCUT2D eigenvalue weighted by Crippen LogP contribution is -2.24. The van der Waals surface area contributed by atoms with E-state index in [1.807, 2.05) is 11.0 Å². The van der Waals surface area contributed by atoms with Gasteiger partial charge in [0, 0.05) is 12.5 Å². The van der Waals surface area contributed by atoms with Crippen LogP contribution in [0.25, 0.3) is 0 Å². The minimum atomic E-state index is -0.426. The van der Waals surface area contributed by atoms with Crippen LogP contribution in [0.2, 0.25) is 0 Å². The third-order valence-corrected chi connectivity index (χ3v) is 4.94. The third-order valence-electron chi connectivity index (χ3n) is 3.68. The zero-order valence-electron chi connectivity index (χ0n) is 12.0. The van der Waals surface area contributed by atoms with Crippen molar-refractivity contribution in [2.45, 2.75) is 38.3 Å². The van der Waals surface area contributed by atoms with Crippen molar-refractivity contribution in [3.8, 4) is 0 Å². The van der Waals surface area contributed by atoms with Crippen molar-refractivity contribution < 1.29 is 9.50 Å². The van der Waals surface area contributed by atoms with Gasteiger partial charge in [0.2, 0.25) is 5.13 Å². The zero-order chi connectivity index (χ0) is 15.0. The molecule has 6 heteroatoms. The Labute approximate surface area is 127 Å². The van der Waals surface area contributed by atoms with Gasteiger partial charge in [-0.1, -0.05) is 37.3 Å². The highest BCUT2D eigenvalue weighted by molar-refractivity contribution is 7.15. The maximum atomic E-state index is 13.5. The number of nitrogens with zero attached hydrogens (tertiary/aromatic N) is 3. The van der Waals surface area contributed by atoms with Crippen molar-refractivity contribution in [1.82, 2.24) is 10.2 Å². The van der Waals surface area contributed by atoms with Crippen LogP contribution in [0.5, 0.6) is 0 Å². The third kappa shape index (κ3) is 2.91. The predicted octanol–water partition coefficient (Wildman–Crippen LogP) is 3.11. The largest absolute Gasteiger partial charge is 0.391 e. The maximum Gasteiger partial charge on any atom is 0.208 e. The molecule has 0 aliphatic carbocycles. The minimum absolute atomic E-state index is 0.0522. The molecule has 1 fully saturated rings. The van der Waals surface area contributed by atoms with Crippen LogP contribution in [-0.4, -0.2) is 28.0 Å². The van der Waals surface area contributed by atoms with Crippen LogP contribution in [0.1, 0.15) is 42.8 Å². The molecule has 1 aliphatic rings. The standard InChI is InChI=1S/C15H18FN3OS/c1-9(2)14-17-18-15(21-14)19-8-12(20)7-13(19)10-4-3-5-11(16)6-10/h3-6,9,12-13,20H,7-8H2,1-2H3/t12-,13-/m0/s1. The molecule has 1 aliphatic heterocycles. The molecule has 0 saturated carbocycles. The van der Waals surface area contributed by atoms with E-state index in [4.69, 9.17) is 0 Å². The first kappa shape index (κ1) is 14.4. The molecule has 2 aromatic rings. The van der Waals surface area contributed by atoms with Gasteiger partial charge in [0.15, 0.2) is 0 Å². The van der Waals surface area contributed by atoms with E-state index >= 15 is 0 Å². The molecule has 2 atom stereocenters. The number of anilines is 1. The van der Waals surface area contributed by atoms with Crippen LogP contribution < -0.4 is 4.90 Å². The summed E-state index contributed by atoms with van der Waals surface area (Å²) in [5.41, 5.74) is 0.868. The Kier molecular flexibility index (Phi) is 3.91. The van der Waals surface area contributed by atoms with Crippen LogP contribution in [-0.2, 0) is 0 Å². The first-order chi connectivity index (χ1) is 10.0. The van der Waals surface area contributed by atoms with Crippen molar-refractivity contribution in [2.75, 3.05) is 11.4 Å². The zero-order valence-corrected chi connectivity index (χ0v) is 12.8. The Morgan fingerprint density at radius 1 is 1.38 bits per heavy atom. The lowest BCUT2D eigenvalue weighted by molar-refractivity contribution is 0.194. The van der Waals surface area contributed by atoms with Gasteiger partial charge in [-0.25, -0.2) is 4.39 Å². The Morgan fingerprint density at radius 3 is 2.86 bits per heavy atom. The summed E-state index contributed by atoms with van der Waals surface area (Å²) in [4.78, 5) is 2.03. The number of hydrogen-bond donors (Lipinski definition) is 1. The average Bonchev–Trinajstić information content (AvgIpc) is 3.04. The van der Waals surface area contributed by atoms with Crippen molar-refractivity contribution in [1.29, 1.82) is 0 Å². The first-order valence-electron chi connectivity index (χ1n) is 7.08. The van der Waals surface area contributed by atoms with E-state index in [9.17, 15) is 9.50 Å². The van der Waals surface area contributed by atoms with Crippen LogP contribution in [0.3, 0.4) is 0 Å². The number of hydrogen-bond acceptors (Lipinski definition) is 5. The SMILES string of the molecule is CC(C)c1nnc(N2C[C@@H](O)C[C@H]2c2cccc(F)c2)s1. The summed E-state index contributed by atoms with van der Waals surface area (Å²) in [5, 5.41) is 20.2. The summed E-state index contributed by atoms with van der Waals surface area (Å²) >= 11 is 1.54. The number of aliphatic hydroxyl groups excluding tert-OH is 1. The number of halogens is 1. The molecule has 4 nitrogen and oxygen atoms in total. The molecule has 1 N–H and O–H groups in total. The van der Waals surface area contributed by atoms with Gasteiger partial charge in [-0.05, 0) is 24.1 Å². The van der Waals surface area contributed by atoms with E-state index in [1.54, 1.807) is 17.4 Å². The normalized spacial score (nSPS) is 22.2. The fourth-order valence-corrected chi connectivity index (χ4v) is 3.54. The Bertz CT molecular complexity index is 631. The number of aromatic nitrogens is 2. The number of benzene rings is 1. The summed E-state index contributed by atoms with van der Waals surface area (Å²) in [6.45, 7) is 4.66. The summed E-state index contributed by atoms with van der Waals surface area (Å²) in [5.74, 6) is 0.0744. The summed E-state index contributed by atoms with van der Waals surface area (Å²) in [6, 6.07) is 6.50. The molecule has 0 spiro atoms. The molecule has 21 heavy (non-hydrogen) atoms. The van der Waals surface area contributed by atoms with Crippen LogP contribution >= 0.6 is 11.3 Å². The van der Waals surface area contributed by atoms with Gasteiger partial charge in [0.1, 0.15) is 10.8 Å². The molecule has 0 radical (unpaired) electrons. The predicted molar refractivity (Wildman–Crippen MR) is 81.1 cm³/mol. The van der Waals surface area contributed by atoms with Crippen LogP contribution in [0.4, 0.5) is 9.52 Å². The maximum absolute atomic E-state index is 13.5. The molecule has 3 rings (SSSR count). The topological polar surface area (TPSA) is 49.2 Å². The highest BCUT2D eigenvalue weighted by atomic mass is 32.1. The molecule has 0 amide bonds. The van der Waals surface area contributed by atoms with E-state index in [0.29, 0.717) is 18.9 Å². The minimum Gasteiger partial charge on any atom is -0.391 e. The molecule has 1 aromatic heterocycles. The monoisotopic (exact) mass is 307 g/mol. The number of rotatable bonds is 3. The van der Waals surface area contributed by atoms with Crippen LogP contribution in [0, 0.1) is 5.82 Å². The molecular formula is C15H18FN3OS. The Hall–Kier alpha value is -1.53. The summed E-state index contributed by atoms with van der Waals surface area (Å²) < 4.78 is 13.5. The lowest BCUT2D eigenvalue weighted by atomic mass is 10.0. The number of β-amino-alcohol motifs (C(OH)–C–C–N with tert-alkyl or cyclic N) is 1. The molecule has 2 heterocycles. The average molecular weight is 307 g/mol. The first-order valence-corrected chi connectivity index (χ1v) is 7.90. The molecule has 1 saturated heterocycles. The molecule has 112 valence electrons. The molecule has 0 unspecified atom stereocenters. The number of aliphatic hydroxyl groups is 1. The van der Waals surface area contributed by atoms with Gasteiger partial charge in [-0.15, -0.1) is 10.2 Å². The smallest absolute Gasteiger partial charge is 0.208 e. The lowest BCUT2D eigenvalue weighted by Gasteiger charge is -2.23. The van der Waals surface area contributed by atoms with E-state index < -0.39 is 6.10 Å². The fourth-order valence-electron chi connectivity index (χ4n) is 2.63. The molecule has 1 aromatic carbocycles. The van der Waals surface area contributed by atoms with Crippen molar-refractivity contribution >= 4 is 16.5 Å². The Balaban J connectivity index is 1.91. The van der Waals surface area contributed by atoms with E-state index in [-0.39, 0.29) is 11.9 Å². The van der Waals surface area contributed by atoms with Gasteiger partial charge < -0.3 is 10.0 Å². The molecular weight excluding hydrogens is 289 g/mol. The van der Waals surface area contributed by atoms with Crippen molar-refractivity contribution in [3.05, 3.63) is 40.7 Å². The second-order valence-corrected chi connectivity index (χ2v) is 6.68. The van der Waals surface area contributed by atoms with Gasteiger partial charge in [-0.2, -0.15) is 0 Å². The van der Waals surface area contributed by atoms with E-state index in [0.717, 1.165) is 15.7 Å². The van der Waals surface area contributed by atoms with Gasteiger partial charge in [-0.3, -0.25) is 0 Å². The van der Waals surface area contributed by atoms with E-state index in [2.05, 4.69) is 24.0 Å². The second kappa shape index (κ2) is 5.69. The molecule has 0 bridgehead atoms. The second-order valence-electron chi connectivity index (χ2n) is 5.69. The quantitative estimate of drug-likeness (QED) is 0.946. The highest BCUT2D eigenvalue weighted by Crippen LogP contribution is 2.38. The Morgan fingerprint density at radius 2 is 2.19 bits per heavy atom.